The summed E-state index contributed by atoms with van der Waals surface area (Å²) in [4.78, 5) is 26.8. The molecule has 0 spiro atoms. The monoisotopic (exact) mass is 254 g/mol. The van der Waals surface area contributed by atoms with Gasteiger partial charge in [0.15, 0.2) is 0 Å². The highest BCUT2D eigenvalue weighted by atomic mass is 32.1. The van der Waals surface area contributed by atoms with E-state index in [4.69, 9.17) is 5.11 Å². The van der Waals surface area contributed by atoms with Gasteiger partial charge in [-0.1, -0.05) is 6.92 Å². The number of carbonyl (C=O) groups is 2. The van der Waals surface area contributed by atoms with Crippen LogP contribution in [0.5, 0.6) is 0 Å². The molecule has 0 radical (unpaired) electrons. The highest BCUT2D eigenvalue weighted by Crippen LogP contribution is 2.46. The van der Waals surface area contributed by atoms with Crippen LogP contribution in [0.2, 0.25) is 0 Å². The molecule has 1 aliphatic carbocycles. The Morgan fingerprint density at radius 3 is 2.82 bits per heavy atom. The molecule has 1 heterocycles. The second-order valence-electron chi connectivity index (χ2n) is 4.37. The molecule has 6 heteroatoms. The lowest BCUT2D eigenvalue weighted by molar-refractivity contribution is -0.149. The lowest BCUT2D eigenvalue weighted by Crippen LogP contribution is -2.38. The van der Waals surface area contributed by atoms with E-state index in [0.717, 1.165) is 5.01 Å². The zero-order valence-electron chi connectivity index (χ0n) is 9.47. The molecule has 92 valence electrons. The van der Waals surface area contributed by atoms with Crippen molar-refractivity contribution in [2.75, 3.05) is 6.54 Å². The molecule has 2 N–H and O–H groups in total. The molecular weight excluding hydrogens is 240 g/mol. The molecule has 1 unspecified atom stereocenters. The van der Waals surface area contributed by atoms with Crippen LogP contribution in [0, 0.1) is 5.41 Å². The van der Waals surface area contributed by atoms with Crippen molar-refractivity contribution in [1.82, 2.24) is 10.3 Å². The molecule has 1 saturated carbocycles. The second-order valence-corrected chi connectivity index (χ2v) is 5.29. The van der Waals surface area contributed by atoms with E-state index in [1.807, 2.05) is 12.3 Å². The summed E-state index contributed by atoms with van der Waals surface area (Å²) >= 11 is 1.53. The first-order chi connectivity index (χ1) is 8.06. The van der Waals surface area contributed by atoms with Gasteiger partial charge in [-0.15, -0.1) is 11.3 Å². The predicted molar refractivity (Wildman–Crippen MR) is 62.8 cm³/mol. The first-order valence-electron chi connectivity index (χ1n) is 5.47. The average Bonchev–Trinajstić information content (AvgIpc) is 2.94. The summed E-state index contributed by atoms with van der Waals surface area (Å²) in [6.45, 7) is 2.39. The molecule has 0 saturated heterocycles. The molecule has 0 bridgehead atoms. The Kier molecular flexibility index (Phi) is 3.15. The molecule has 1 atom stereocenters. The van der Waals surface area contributed by atoms with Gasteiger partial charge >= 0.3 is 5.97 Å². The summed E-state index contributed by atoms with van der Waals surface area (Å²) in [7, 11) is 0. The molecule has 0 aliphatic heterocycles. The summed E-state index contributed by atoms with van der Waals surface area (Å²) in [5, 5.41) is 14.5. The van der Waals surface area contributed by atoms with Gasteiger partial charge in [0, 0.05) is 24.0 Å². The molecule has 1 aromatic heterocycles. The third kappa shape index (κ3) is 2.31. The first-order valence-corrected chi connectivity index (χ1v) is 6.35. The van der Waals surface area contributed by atoms with Gasteiger partial charge < -0.3 is 10.4 Å². The number of amides is 1. The zero-order chi connectivity index (χ0) is 12.5. The van der Waals surface area contributed by atoms with Crippen LogP contribution in [0.3, 0.4) is 0 Å². The zero-order valence-corrected chi connectivity index (χ0v) is 10.3. The molecule has 1 aromatic rings. The standard InChI is InChI=1S/C11H14N2O3S/c1-7(8-12-4-5-17-8)6-13-9(14)11(2-3-11)10(15)16/h4-5,7H,2-3,6H2,1H3,(H,13,14)(H,15,16). The fourth-order valence-corrected chi connectivity index (χ4v) is 2.34. The Bertz CT molecular complexity index is 426. The van der Waals surface area contributed by atoms with Crippen LogP contribution >= 0.6 is 11.3 Å². The lowest BCUT2D eigenvalue weighted by atomic mass is 10.1. The number of nitrogens with one attached hydrogen (secondary N) is 1. The minimum absolute atomic E-state index is 0.114. The van der Waals surface area contributed by atoms with Crippen LogP contribution in [0.1, 0.15) is 30.7 Å². The SMILES string of the molecule is CC(CNC(=O)C1(C(=O)O)CC1)c1nccs1. The van der Waals surface area contributed by atoms with Crippen molar-refractivity contribution < 1.29 is 14.7 Å². The number of aromatic nitrogens is 1. The quantitative estimate of drug-likeness (QED) is 0.774. The molecule has 17 heavy (non-hydrogen) atoms. The van der Waals surface area contributed by atoms with Gasteiger partial charge in [0.2, 0.25) is 5.91 Å². The van der Waals surface area contributed by atoms with Crippen molar-refractivity contribution in [2.24, 2.45) is 5.41 Å². The molecule has 1 aliphatic rings. The Balaban J connectivity index is 1.87. The maximum atomic E-state index is 11.7. The van der Waals surface area contributed by atoms with E-state index in [2.05, 4.69) is 10.3 Å². The lowest BCUT2D eigenvalue weighted by Gasteiger charge is -2.13. The Morgan fingerprint density at radius 1 is 1.65 bits per heavy atom. The summed E-state index contributed by atoms with van der Waals surface area (Å²) < 4.78 is 0. The van der Waals surface area contributed by atoms with Gasteiger partial charge in [-0.05, 0) is 12.8 Å². The van der Waals surface area contributed by atoms with Gasteiger partial charge in [0.05, 0.1) is 5.01 Å². The highest BCUT2D eigenvalue weighted by molar-refractivity contribution is 7.09. The van der Waals surface area contributed by atoms with E-state index in [-0.39, 0.29) is 11.8 Å². The van der Waals surface area contributed by atoms with Crippen LogP contribution in [0.25, 0.3) is 0 Å². The smallest absolute Gasteiger partial charge is 0.319 e. The first kappa shape index (κ1) is 12.0. The number of carboxylic acid groups (broad SMARTS) is 1. The number of rotatable bonds is 5. The third-order valence-electron chi connectivity index (χ3n) is 3.04. The Labute approximate surface area is 103 Å². The van der Waals surface area contributed by atoms with Crippen molar-refractivity contribution in [2.45, 2.75) is 25.7 Å². The van der Waals surface area contributed by atoms with Crippen molar-refractivity contribution >= 4 is 23.2 Å². The van der Waals surface area contributed by atoms with Crippen LogP contribution in [0.4, 0.5) is 0 Å². The van der Waals surface area contributed by atoms with Crippen molar-refractivity contribution in [3.05, 3.63) is 16.6 Å². The summed E-state index contributed by atoms with van der Waals surface area (Å²) in [5.74, 6) is -1.27. The van der Waals surface area contributed by atoms with E-state index in [1.165, 1.54) is 11.3 Å². The van der Waals surface area contributed by atoms with Crippen molar-refractivity contribution in [1.29, 1.82) is 0 Å². The number of thiazole rings is 1. The van der Waals surface area contributed by atoms with Gasteiger partial charge in [0.1, 0.15) is 5.41 Å². The fourth-order valence-electron chi connectivity index (χ4n) is 1.64. The average molecular weight is 254 g/mol. The molecule has 0 aromatic carbocycles. The van der Waals surface area contributed by atoms with Gasteiger partial charge in [0.25, 0.3) is 0 Å². The second kappa shape index (κ2) is 4.44. The number of nitrogens with zero attached hydrogens (tertiary/aromatic N) is 1. The fraction of sp³-hybridized carbons (Fsp3) is 0.545. The maximum Gasteiger partial charge on any atom is 0.319 e. The summed E-state index contributed by atoms with van der Waals surface area (Å²) in [6.07, 6.45) is 2.61. The third-order valence-corrected chi connectivity index (χ3v) is 4.04. The van der Waals surface area contributed by atoms with Crippen LogP contribution in [-0.2, 0) is 9.59 Å². The normalized spacial score (nSPS) is 18.4. The van der Waals surface area contributed by atoms with E-state index >= 15 is 0 Å². The van der Waals surface area contributed by atoms with Crippen LogP contribution in [-0.4, -0.2) is 28.5 Å². The van der Waals surface area contributed by atoms with Gasteiger partial charge in [-0.2, -0.15) is 0 Å². The van der Waals surface area contributed by atoms with Crippen molar-refractivity contribution in [3.8, 4) is 0 Å². The largest absolute Gasteiger partial charge is 0.480 e. The molecule has 1 fully saturated rings. The minimum atomic E-state index is -1.15. The Hall–Kier alpha value is -1.43. The van der Waals surface area contributed by atoms with Crippen molar-refractivity contribution in [3.63, 3.8) is 0 Å². The number of aliphatic carboxylic acids is 1. The van der Waals surface area contributed by atoms with Gasteiger partial charge in [-0.25, -0.2) is 4.98 Å². The topological polar surface area (TPSA) is 79.3 Å². The minimum Gasteiger partial charge on any atom is -0.480 e. The van der Waals surface area contributed by atoms with E-state index in [1.54, 1.807) is 6.20 Å². The van der Waals surface area contributed by atoms with E-state index < -0.39 is 11.4 Å². The summed E-state index contributed by atoms with van der Waals surface area (Å²) in [5.41, 5.74) is -1.15. The summed E-state index contributed by atoms with van der Waals surface area (Å²) in [6, 6.07) is 0. The Morgan fingerprint density at radius 2 is 2.35 bits per heavy atom. The maximum absolute atomic E-state index is 11.7. The van der Waals surface area contributed by atoms with Crippen LogP contribution < -0.4 is 5.32 Å². The molecule has 1 amide bonds. The number of hydrogen-bond acceptors (Lipinski definition) is 4. The molecule has 2 rings (SSSR count). The predicted octanol–water partition coefficient (Wildman–Crippen LogP) is 1.23. The highest BCUT2D eigenvalue weighted by Gasteiger charge is 2.56. The van der Waals surface area contributed by atoms with E-state index in [9.17, 15) is 9.59 Å². The number of carbonyl (C=O) groups excluding carboxylic acids is 1. The van der Waals surface area contributed by atoms with Gasteiger partial charge in [-0.3, -0.25) is 9.59 Å². The van der Waals surface area contributed by atoms with Crippen LogP contribution in [0.15, 0.2) is 11.6 Å². The number of hydrogen-bond donors (Lipinski definition) is 2. The number of carboxylic acids is 1. The molecular formula is C11H14N2O3S. The van der Waals surface area contributed by atoms with E-state index in [0.29, 0.717) is 19.4 Å². The molecule has 5 nitrogen and oxygen atoms in total.